The Kier molecular flexibility index (Phi) is 5.07. The quantitative estimate of drug-likeness (QED) is 0.457. The number of carbonyl (C=O) groups is 1. The molecule has 5 rings (SSSR count). The zero-order chi connectivity index (χ0) is 21.3. The van der Waals surface area contributed by atoms with E-state index in [9.17, 15) is 4.79 Å². The lowest BCUT2D eigenvalue weighted by molar-refractivity contribution is -0.142. The molecule has 2 saturated carbocycles. The minimum Gasteiger partial charge on any atom is -0.360 e. The Balaban J connectivity index is 1.35. The number of hydrogen-bond acceptors (Lipinski definition) is 4. The van der Waals surface area contributed by atoms with E-state index >= 15 is 0 Å². The van der Waals surface area contributed by atoms with Gasteiger partial charge in [0, 0.05) is 12.0 Å². The summed E-state index contributed by atoms with van der Waals surface area (Å²) in [4.78, 5) is 12.2. The van der Waals surface area contributed by atoms with Crippen LogP contribution >= 0.6 is 0 Å². The van der Waals surface area contributed by atoms with Crippen LogP contribution in [0.4, 0.5) is 0 Å². The number of allylic oxidation sites excluding steroid dienone is 2. The number of rotatable bonds is 6. The molecule has 0 spiro atoms. The average Bonchev–Trinajstić information content (AvgIpc) is 3.45. The van der Waals surface area contributed by atoms with Gasteiger partial charge in [-0.15, -0.1) is 0 Å². The molecule has 4 heteroatoms. The minimum absolute atomic E-state index is 0.0130. The SMILES string of the molecule is CCOC(C)OCC(C)[C@H]1CC[C@H]2[C@@H]3C=CC4=CC(=O)C5OC5[C@]4(C)[C@H]3CC[C@]12C. The van der Waals surface area contributed by atoms with Gasteiger partial charge in [-0.1, -0.05) is 32.9 Å². The molecule has 0 bridgehead atoms. The van der Waals surface area contributed by atoms with E-state index in [2.05, 4.69) is 32.9 Å². The third kappa shape index (κ3) is 2.93. The molecule has 3 fully saturated rings. The highest BCUT2D eigenvalue weighted by atomic mass is 16.7. The van der Waals surface area contributed by atoms with E-state index in [1.165, 1.54) is 31.3 Å². The lowest BCUT2D eigenvalue weighted by Crippen LogP contribution is -2.52. The largest absolute Gasteiger partial charge is 0.360 e. The summed E-state index contributed by atoms with van der Waals surface area (Å²) >= 11 is 0. The van der Waals surface area contributed by atoms with Crippen molar-refractivity contribution < 1.29 is 19.0 Å². The molecule has 10 atom stereocenters. The predicted molar refractivity (Wildman–Crippen MR) is 116 cm³/mol. The summed E-state index contributed by atoms with van der Waals surface area (Å²) < 4.78 is 17.5. The first-order chi connectivity index (χ1) is 14.3. The van der Waals surface area contributed by atoms with Crippen LogP contribution in [-0.4, -0.2) is 37.5 Å². The molecule has 0 N–H and O–H groups in total. The fraction of sp³-hybridized carbons (Fsp3) is 0.808. The Labute approximate surface area is 181 Å². The molecule has 1 aliphatic heterocycles. The monoisotopic (exact) mass is 414 g/mol. The van der Waals surface area contributed by atoms with E-state index in [4.69, 9.17) is 14.2 Å². The topological polar surface area (TPSA) is 48.1 Å². The van der Waals surface area contributed by atoms with Crippen molar-refractivity contribution >= 4 is 5.78 Å². The summed E-state index contributed by atoms with van der Waals surface area (Å²) in [6, 6.07) is 0. The number of ketones is 1. The van der Waals surface area contributed by atoms with Gasteiger partial charge in [-0.3, -0.25) is 4.79 Å². The number of ether oxygens (including phenoxy) is 3. The van der Waals surface area contributed by atoms with Crippen molar-refractivity contribution in [3.05, 3.63) is 23.8 Å². The molecule has 1 heterocycles. The first-order valence-electron chi connectivity index (χ1n) is 12.1. The number of fused-ring (bicyclic) bond motifs is 7. The summed E-state index contributed by atoms with van der Waals surface area (Å²) in [6.07, 6.45) is 11.5. The second-order valence-electron chi connectivity index (χ2n) is 11.0. The van der Waals surface area contributed by atoms with Crippen molar-refractivity contribution in [2.24, 2.45) is 40.4 Å². The number of epoxide rings is 1. The maximum atomic E-state index is 12.2. The maximum absolute atomic E-state index is 12.2. The molecule has 4 aliphatic carbocycles. The van der Waals surface area contributed by atoms with Crippen molar-refractivity contribution in [2.75, 3.05) is 13.2 Å². The first-order valence-corrected chi connectivity index (χ1v) is 12.1. The molecule has 0 aromatic carbocycles. The maximum Gasteiger partial charge on any atom is 0.187 e. The molecule has 166 valence electrons. The highest BCUT2D eigenvalue weighted by Gasteiger charge is 2.66. The van der Waals surface area contributed by atoms with Gasteiger partial charge in [0.2, 0.25) is 0 Å². The van der Waals surface area contributed by atoms with Crippen LogP contribution in [0.2, 0.25) is 0 Å². The molecule has 1 saturated heterocycles. The van der Waals surface area contributed by atoms with Crippen LogP contribution in [-0.2, 0) is 19.0 Å². The molecule has 30 heavy (non-hydrogen) atoms. The highest BCUT2D eigenvalue weighted by Crippen LogP contribution is 2.67. The minimum atomic E-state index is -0.167. The summed E-state index contributed by atoms with van der Waals surface area (Å²) in [6.45, 7) is 12.8. The fourth-order valence-corrected chi connectivity index (χ4v) is 8.03. The lowest BCUT2D eigenvalue weighted by Gasteiger charge is -2.56. The first kappa shape index (κ1) is 20.9. The third-order valence-corrected chi connectivity index (χ3v) is 9.64. The van der Waals surface area contributed by atoms with E-state index < -0.39 is 0 Å². The van der Waals surface area contributed by atoms with Gasteiger partial charge in [0.05, 0.1) is 6.61 Å². The summed E-state index contributed by atoms with van der Waals surface area (Å²) in [5.41, 5.74) is 1.60. The molecule has 0 aromatic rings. The number of hydrogen-bond donors (Lipinski definition) is 0. The average molecular weight is 415 g/mol. The van der Waals surface area contributed by atoms with Gasteiger partial charge in [-0.25, -0.2) is 0 Å². The smallest absolute Gasteiger partial charge is 0.187 e. The van der Waals surface area contributed by atoms with Crippen molar-refractivity contribution in [1.82, 2.24) is 0 Å². The van der Waals surface area contributed by atoms with E-state index in [1.54, 1.807) is 0 Å². The normalized spacial score (nSPS) is 48.2. The van der Waals surface area contributed by atoms with Crippen LogP contribution in [0.15, 0.2) is 23.8 Å². The van der Waals surface area contributed by atoms with Gasteiger partial charge < -0.3 is 14.2 Å². The van der Waals surface area contributed by atoms with Gasteiger partial charge in [0.15, 0.2) is 12.1 Å². The number of carbonyl (C=O) groups excluding carboxylic acids is 1. The zero-order valence-electron chi connectivity index (χ0n) is 19.2. The van der Waals surface area contributed by atoms with Gasteiger partial charge in [-0.2, -0.15) is 0 Å². The van der Waals surface area contributed by atoms with E-state index in [0.717, 1.165) is 12.5 Å². The third-order valence-electron chi connectivity index (χ3n) is 9.64. The van der Waals surface area contributed by atoms with Gasteiger partial charge in [0.1, 0.15) is 12.2 Å². The molecule has 0 aromatic heterocycles. The van der Waals surface area contributed by atoms with E-state index in [1.807, 2.05) is 19.9 Å². The molecule has 0 radical (unpaired) electrons. The zero-order valence-corrected chi connectivity index (χ0v) is 19.2. The van der Waals surface area contributed by atoms with Crippen LogP contribution in [0.1, 0.15) is 60.3 Å². The lowest BCUT2D eigenvalue weighted by atomic mass is 9.48. The second kappa shape index (κ2) is 7.28. The summed E-state index contributed by atoms with van der Waals surface area (Å²) in [7, 11) is 0. The van der Waals surface area contributed by atoms with Crippen LogP contribution in [0.3, 0.4) is 0 Å². The standard InChI is InChI=1S/C26H38O4/c1-6-28-16(3)29-14-15(2)19-9-10-20-18-8-7-17-13-22(27)23-24(30-23)26(17,5)21(18)11-12-25(19,20)4/h7-8,13,15-16,18-21,23-24H,6,9-12,14H2,1-5H3/t15?,16?,18-,19+,20-,21-,23?,24?,25+,26-/m0/s1. The highest BCUT2D eigenvalue weighted by molar-refractivity contribution is 5.98. The van der Waals surface area contributed by atoms with Crippen molar-refractivity contribution in [3.63, 3.8) is 0 Å². The molecule has 5 aliphatic rings. The Morgan fingerprint density at radius 1 is 1.17 bits per heavy atom. The van der Waals surface area contributed by atoms with Crippen molar-refractivity contribution in [1.29, 1.82) is 0 Å². The fourth-order valence-electron chi connectivity index (χ4n) is 8.03. The van der Waals surface area contributed by atoms with Crippen molar-refractivity contribution in [2.45, 2.75) is 78.8 Å². The molecule has 4 unspecified atom stereocenters. The Morgan fingerprint density at radius 2 is 1.97 bits per heavy atom. The van der Waals surface area contributed by atoms with Crippen LogP contribution in [0.5, 0.6) is 0 Å². The molecular formula is C26H38O4. The van der Waals surface area contributed by atoms with Crippen LogP contribution < -0.4 is 0 Å². The second-order valence-corrected chi connectivity index (χ2v) is 11.0. The Morgan fingerprint density at radius 3 is 2.73 bits per heavy atom. The molecular weight excluding hydrogens is 376 g/mol. The van der Waals surface area contributed by atoms with Crippen LogP contribution in [0, 0.1) is 40.4 Å². The Hall–Kier alpha value is -0.970. The van der Waals surface area contributed by atoms with E-state index in [0.29, 0.717) is 35.7 Å². The molecule has 4 nitrogen and oxygen atoms in total. The van der Waals surface area contributed by atoms with Crippen molar-refractivity contribution in [3.8, 4) is 0 Å². The predicted octanol–water partition coefficient (Wildman–Crippen LogP) is 4.93. The summed E-state index contributed by atoms with van der Waals surface area (Å²) in [5, 5.41) is 0. The van der Waals surface area contributed by atoms with Gasteiger partial charge in [0.25, 0.3) is 0 Å². The summed E-state index contributed by atoms with van der Waals surface area (Å²) in [5.74, 6) is 3.34. The molecule has 0 amide bonds. The van der Waals surface area contributed by atoms with Crippen LogP contribution in [0.25, 0.3) is 0 Å². The van der Waals surface area contributed by atoms with Gasteiger partial charge in [-0.05, 0) is 86.2 Å². The van der Waals surface area contributed by atoms with Gasteiger partial charge >= 0.3 is 0 Å². The van der Waals surface area contributed by atoms with E-state index in [-0.39, 0.29) is 29.7 Å². The Bertz CT molecular complexity index is 771.